The Balaban J connectivity index is 1.27. The topological polar surface area (TPSA) is 98.2 Å². The molecule has 0 spiro atoms. The molecular weight excluding hydrogens is 430 g/mol. The van der Waals surface area contributed by atoms with E-state index in [4.69, 9.17) is 9.73 Å². The maximum absolute atomic E-state index is 12.9. The zero-order valence-corrected chi connectivity index (χ0v) is 20.1. The van der Waals surface area contributed by atoms with Crippen LogP contribution in [0.25, 0.3) is 0 Å². The second-order valence-corrected chi connectivity index (χ2v) is 10.9. The smallest absolute Gasteiger partial charge is 0.163 e. The number of hydrogen-bond donors (Lipinski definition) is 4. The Morgan fingerprint density at radius 3 is 2.53 bits per heavy atom. The standard InChI is InChI=1S/C26H33N5O3/c1-24(2)25(3)8-9-26(24,14-19(25)33)30-20-18(32)15-27-23-21(20)28-22(29-23)16-4-6-17(7-5-16)31-10-12-34-13-11-31/h4-7,15,23,27,30,32H,8-14H2,1-3H3,(H,28,29). The van der Waals surface area contributed by atoms with Crippen LogP contribution >= 0.6 is 0 Å². The molecule has 3 atom stereocenters. The number of amidine groups is 1. The summed E-state index contributed by atoms with van der Waals surface area (Å²) in [5, 5.41) is 21.1. The average molecular weight is 464 g/mol. The number of rotatable bonds is 4. The largest absolute Gasteiger partial charge is 0.504 e. The van der Waals surface area contributed by atoms with Crippen molar-refractivity contribution in [3.05, 3.63) is 53.2 Å². The third-order valence-corrected chi connectivity index (χ3v) is 9.27. The third kappa shape index (κ3) is 2.87. The minimum Gasteiger partial charge on any atom is -0.504 e. The van der Waals surface area contributed by atoms with Crippen LogP contribution in [-0.2, 0) is 9.53 Å². The second-order valence-electron chi connectivity index (χ2n) is 10.9. The number of nitrogens with zero attached hydrogens (tertiary/aromatic N) is 2. The van der Waals surface area contributed by atoms with E-state index >= 15 is 0 Å². The minimum absolute atomic E-state index is 0.135. The molecule has 8 heteroatoms. The first-order valence-corrected chi connectivity index (χ1v) is 12.2. The van der Waals surface area contributed by atoms with Crippen molar-refractivity contribution in [2.24, 2.45) is 15.8 Å². The van der Waals surface area contributed by atoms with Gasteiger partial charge in [0.05, 0.1) is 24.4 Å². The molecule has 5 aliphatic rings. The van der Waals surface area contributed by atoms with Gasteiger partial charge in [-0.2, -0.15) is 0 Å². The molecule has 3 fully saturated rings. The first kappa shape index (κ1) is 21.5. The van der Waals surface area contributed by atoms with E-state index in [1.54, 1.807) is 6.20 Å². The Labute approximate surface area is 200 Å². The van der Waals surface area contributed by atoms with Gasteiger partial charge in [-0.05, 0) is 37.1 Å². The lowest BCUT2D eigenvalue weighted by Gasteiger charge is -2.42. The van der Waals surface area contributed by atoms with Crippen molar-refractivity contribution in [2.45, 2.75) is 51.7 Å². The van der Waals surface area contributed by atoms with E-state index in [1.165, 1.54) is 5.69 Å². The molecule has 2 saturated carbocycles. The number of aliphatic imine (C=N–C) groups is 1. The molecule has 0 amide bonds. The van der Waals surface area contributed by atoms with Crippen molar-refractivity contribution < 1.29 is 14.6 Å². The molecule has 1 saturated heterocycles. The van der Waals surface area contributed by atoms with E-state index < -0.39 is 0 Å². The van der Waals surface area contributed by atoms with E-state index in [9.17, 15) is 9.90 Å². The lowest BCUT2D eigenvalue weighted by atomic mass is 9.68. The van der Waals surface area contributed by atoms with Crippen LogP contribution in [-0.4, -0.2) is 54.7 Å². The van der Waals surface area contributed by atoms with Crippen molar-refractivity contribution in [1.82, 2.24) is 16.0 Å². The minimum atomic E-state index is -0.380. The lowest BCUT2D eigenvalue weighted by molar-refractivity contribution is -0.128. The zero-order valence-electron chi connectivity index (χ0n) is 20.1. The Morgan fingerprint density at radius 2 is 1.88 bits per heavy atom. The number of fused-ring (bicyclic) bond motifs is 3. The molecule has 0 radical (unpaired) electrons. The van der Waals surface area contributed by atoms with Crippen LogP contribution in [0.5, 0.6) is 0 Å². The van der Waals surface area contributed by atoms with E-state index in [2.05, 4.69) is 65.9 Å². The van der Waals surface area contributed by atoms with Gasteiger partial charge in [-0.25, -0.2) is 4.99 Å². The quantitative estimate of drug-likeness (QED) is 0.545. The number of aliphatic hydroxyl groups is 1. The molecule has 4 N–H and O–H groups in total. The number of dihydropyridines is 1. The summed E-state index contributed by atoms with van der Waals surface area (Å²) in [6.07, 6.45) is 3.54. The van der Waals surface area contributed by atoms with Crippen LogP contribution in [0.2, 0.25) is 0 Å². The molecule has 8 nitrogen and oxygen atoms in total. The fraction of sp³-hybridized carbons (Fsp3) is 0.538. The summed E-state index contributed by atoms with van der Waals surface area (Å²) in [5.74, 6) is 1.21. The van der Waals surface area contributed by atoms with Gasteiger partial charge in [-0.15, -0.1) is 0 Å². The molecule has 34 heavy (non-hydrogen) atoms. The van der Waals surface area contributed by atoms with Crippen molar-refractivity contribution in [2.75, 3.05) is 31.2 Å². The number of morpholine rings is 1. The van der Waals surface area contributed by atoms with Crippen LogP contribution in [0.1, 0.15) is 45.6 Å². The highest BCUT2D eigenvalue weighted by molar-refractivity contribution is 6.02. The predicted octanol–water partition coefficient (Wildman–Crippen LogP) is 2.54. The van der Waals surface area contributed by atoms with Crippen LogP contribution in [0.3, 0.4) is 0 Å². The molecule has 3 unspecified atom stereocenters. The number of carbonyl (C=O) groups excluding carboxylic acids is 1. The Bertz CT molecular complexity index is 1130. The molecule has 3 heterocycles. The molecule has 6 rings (SSSR count). The number of carbonyl (C=O) groups is 1. The highest BCUT2D eigenvalue weighted by atomic mass is 16.5. The Kier molecular flexibility index (Phi) is 4.59. The fourth-order valence-electron chi connectivity index (χ4n) is 6.42. The summed E-state index contributed by atoms with van der Waals surface area (Å²) in [4.78, 5) is 20.1. The van der Waals surface area contributed by atoms with Crippen LogP contribution in [0.4, 0.5) is 5.69 Å². The van der Waals surface area contributed by atoms with Gasteiger partial charge in [0.2, 0.25) is 0 Å². The number of ketones is 1. The number of benzene rings is 1. The predicted molar refractivity (Wildman–Crippen MR) is 130 cm³/mol. The SMILES string of the molecule is CC12CCC(NC3=C4NC(c5ccc(N6CCOCC6)cc5)=NC4NC=C3O)(CC1=O)C2(C)C. The molecule has 1 aromatic carbocycles. The number of hydrogen-bond acceptors (Lipinski definition) is 8. The van der Waals surface area contributed by atoms with Crippen LogP contribution in [0, 0.1) is 10.8 Å². The number of anilines is 1. The molecule has 2 bridgehead atoms. The van der Waals surface area contributed by atoms with Crippen LogP contribution in [0.15, 0.2) is 52.6 Å². The molecule has 0 aromatic heterocycles. The molecule has 3 aliphatic heterocycles. The van der Waals surface area contributed by atoms with Gasteiger partial charge in [0.1, 0.15) is 17.3 Å². The number of Topliss-reactive ketones (excluding diaryl/α,β-unsaturated/α-hetero) is 1. The summed E-state index contributed by atoms with van der Waals surface area (Å²) < 4.78 is 5.46. The summed E-state index contributed by atoms with van der Waals surface area (Å²) in [6.45, 7) is 9.78. The van der Waals surface area contributed by atoms with E-state index in [0.29, 0.717) is 17.9 Å². The monoisotopic (exact) mass is 463 g/mol. The molecule has 2 aliphatic carbocycles. The van der Waals surface area contributed by atoms with Gasteiger partial charge < -0.3 is 30.7 Å². The summed E-state index contributed by atoms with van der Waals surface area (Å²) in [7, 11) is 0. The first-order chi connectivity index (χ1) is 16.2. The van der Waals surface area contributed by atoms with Gasteiger partial charge in [-0.1, -0.05) is 20.8 Å². The molecule has 180 valence electrons. The first-order valence-electron chi connectivity index (χ1n) is 12.2. The van der Waals surface area contributed by atoms with Crippen molar-refractivity contribution in [3.8, 4) is 0 Å². The van der Waals surface area contributed by atoms with Gasteiger partial charge in [0.25, 0.3) is 0 Å². The molecular formula is C26H33N5O3. The third-order valence-electron chi connectivity index (χ3n) is 9.27. The highest BCUT2D eigenvalue weighted by Gasteiger charge is 2.70. The average Bonchev–Trinajstić information content (AvgIpc) is 3.40. The maximum Gasteiger partial charge on any atom is 0.163 e. The lowest BCUT2D eigenvalue weighted by Crippen LogP contribution is -2.53. The second kappa shape index (κ2) is 7.25. The fourth-order valence-corrected chi connectivity index (χ4v) is 6.42. The van der Waals surface area contributed by atoms with Crippen molar-refractivity contribution >= 4 is 17.3 Å². The van der Waals surface area contributed by atoms with E-state index in [0.717, 1.165) is 56.2 Å². The van der Waals surface area contributed by atoms with E-state index in [-0.39, 0.29) is 28.3 Å². The molecule has 1 aromatic rings. The van der Waals surface area contributed by atoms with Gasteiger partial charge in [0.15, 0.2) is 11.9 Å². The number of ether oxygens (including phenoxy) is 1. The summed E-state index contributed by atoms with van der Waals surface area (Å²) in [6, 6.07) is 8.40. The van der Waals surface area contributed by atoms with Crippen LogP contribution < -0.4 is 20.9 Å². The normalized spacial score (nSPS) is 33.8. The van der Waals surface area contributed by atoms with Gasteiger partial charge >= 0.3 is 0 Å². The Morgan fingerprint density at radius 1 is 1.15 bits per heavy atom. The van der Waals surface area contributed by atoms with Crippen molar-refractivity contribution in [1.29, 1.82) is 0 Å². The highest BCUT2D eigenvalue weighted by Crippen LogP contribution is 2.66. The number of aliphatic hydroxyl groups excluding tert-OH is 1. The van der Waals surface area contributed by atoms with Gasteiger partial charge in [0, 0.05) is 47.8 Å². The maximum atomic E-state index is 12.9. The summed E-state index contributed by atoms with van der Waals surface area (Å²) in [5.41, 5.74) is 2.67. The van der Waals surface area contributed by atoms with E-state index in [1.807, 2.05) is 0 Å². The Hall–Kier alpha value is -3.00. The number of nitrogens with one attached hydrogen (secondary N) is 3. The zero-order chi connectivity index (χ0) is 23.7. The van der Waals surface area contributed by atoms with Gasteiger partial charge in [-0.3, -0.25) is 4.79 Å². The summed E-state index contributed by atoms with van der Waals surface area (Å²) >= 11 is 0. The van der Waals surface area contributed by atoms with Crippen molar-refractivity contribution in [3.63, 3.8) is 0 Å².